The van der Waals surface area contributed by atoms with Gasteiger partial charge in [-0.25, -0.2) is 30.4 Å². The monoisotopic (exact) mass is 330 g/mol. The maximum Gasteiger partial charge on any atom is 0.377 e. The Bertz CT molecular complexity index is 476. The zero-order valence-corrected chi connectivity index (χ0v) is 10.6. The molecular weight excluding hydrogens is 324 g/mol. The third kappa shape index (κ3) is 4.99. The number of hydrogen-bond donors (Lipinski definition) is 6. The number of nitrogens with zero attached hydrogens (tertiary/aromatic N) is 4. The molecule has 0 radical (unpaired) electrons. The Labute approximate surface area is 113 Å². The Kier molecular flexibility index (Phi) is 5.21. The van der Waals surface area contributed by atoms with Gasteiger partial charge in [-0.1, -0.05) is 10.2 Å². The molecule has 1 aromatic rings. The smallest absolute Gasteiger partial charge is 0.280 e. The van der Waals surface area contributed by atoms with E-state index >= 15 is 0 Å². The number of hydrazine groups is 2. The van der Waals surface area contributed by atoms with Gasteiger partial charge in [0, 0.05) is 6.07 Å². The highest BCUT2D eigenvalue weighted by molar-refractivity contribution is 9.10. The van der Waals surface area contributed by atoms with Crippen molar-refractivity contribution in [2.45, 2.75) is 0 Å². The van der Waals surface area contributed by atoms with Crippen LogP contribution in [0.5, 0.6) is 0 Å². The van der Waals surface area contributed by atoms with Gasteiger partial charge < -0.3 is 0 Å². The summed E-state index contributed by atoms with van der Waals surface area (Å²) < 4.78 is 0.161. The lowest BCUT2D eigenvalue weighted by Crippen LogP contribution is -2.28. The number of rotatable bonds is 4. The van der Waals surface area contributed by atoms with Crippen molar-refractivity contribution >= 4 is 39.6 Å². The Morgan fingerprint density at radius 2 is 1.47 bits per heavy atom. The van der Waals surface area contributed by atoms with Gasteiger partial charge in [0.2, 0.25) is 4.73 Å². The van der Waals surface area contributed by atoms with Gasteiger partial charge in [0.05, 0.1) is 0 Å². The quantitative estimate of drug-likeness (QED) is 0.275. The summed E-state index contributed by atoms with van der Waals surface area (Å²) in [6.07, 6.45) is 0. The molecule has 0 saturated heterocycles. The summed E-state index contributed by atoms with van der Waals surface area (Å²) >= 11 is 3.01. The molecular formula is C6H7BrN10O2. The van der Waals surface area contributed by atoms with Gasteiger partial charge in [0.15, 0.2) is 11.6 Å². The number of nitrogens with one attached hydrogen (secondary N) is 6. The molecule has 0 aliphatic carbocycles. The van der Waals surface area contributed by atoms with Crippen LogP contribution in [-0.2, 0) is 0 Å². The first-order valence-electron chi connectivity index (χ1n) is 4.46. The number of hydrogen-bond acceptors (Lipinski definition) is 8. The molecule has 1 rings (SSSR count). The van der Waals surface area contributed by atoms with Crippen LogP contribution in [0.1, 0.15) is 0 Å². The molecule has 1 heterocycles. The van der Waals surface area contributed by atoms with Gasteiger partial charge in [-0.15, -0.1) is 0 Å². The van der Waals surface area contributed by atoms with Crippen LogP contribution in [0, 0.1) is 11.1 Å². The molecule has 0 atom stereocenters. The first-order valence-corrected chi connectivity index (χ1v) is 5.26. The van der Waals surface area contributed by atoms with Crippen LogP contribution in [0.15, 0.2) is 21.0 Å². The van der Waals surface area contributed by atoms with Gasteiger partial charge in [-0.2, -0.15) is 11.1 Å². The lowest BCUT2D eigenvalue weighted by atomic mass is 10.5. The van der Waals surface area contributed by atoms with Crippen molar-refractivity contribution in [2.24, 2.45) is 10.2 Å². The van der Waals surface area contributed by atoms with Gasteiger partial charge in [-0.3, -0.25) is 10.9 Å². The first kappa shape index (κ1) is 14.4. The van der Waals surface area contributed by atoms with Crippen LogP contribution in [0.3, 0.4) is 0 Å². The van der Waals surface area contributed by atoms with Crippen LogP contribution in [0.25, 0.3) is 0 Å². The van der Waals surface area contributed by atoms with E-state index in [0.29, 0.717) is 0 Å². The van der Waals surface area contributed by atoms with E-state index in [0.717, 1.165) is 0 Å². The summed E-state index contributed by atoms with van der Waals surface area (Å²) in [4.78, 5) is 29.1. The molecule has 19 heavy (non-hydrogen) atoms. The number of carbonyl (C=O) groups excluding carboxylic acids is 2. The standard InChI is InChI=1S/C6H7BrN10O2/c7-4-10-2(14-16-5(18)12-8)1-3(11-4)15-17-6(19)13-9/h1,8-9H,(H,16,18)(H,17,19)(H2,10,11,14,15). The van der Waals surface area contributed by atoms with Crippen LogP contribution in [0.4, 0.5) is 21.2 Å². The predicted octanol–water partition coefficient (Wildman–Crippen LogP) is 1.37. The van der Waals surface area contributed by atoms with E-state index in [1.807, 2.05) is 0 Å². The van der Waals surface area contributed by atoms with Crippen molar-refractivity contribution in [2.75, 3.05) is 10.9 Å². The molecule has 12 nitrogen and oxygen atoms in total. The Hall–Kier alpha value is -2.70. The number of halogens is 1. The number of amides is 4. The molecule has 100 valence electrons. The van der Waals surface area contributed by atoms with Crippen LogP contribution in [0.2, 0.25) is 0 Å². The molecule has 0 aliphatic rings. The summed E-state index contributed by atoms with van der Waals surface area (Å²) in [5.41, 5.74) is 21.7. The highest BCUT2D eigenvalue weighted by Gasteiger charge is 2.05. The molecule has 0 fully saturated rings. The van der Waals surface area contributed by atoms with Crippen molar-refractivity contribution in [1.29, 1.82) is 11.1 Å². The molecule has 4 amide bonds. The summed E-state index contributed by atoms with van der Waals surface area (Å²) in [5.74, 6) is 0.330. The lowest BCUT2D eigenvalue weighted by Gasteiger charge is -2.08. The van der Waals surface area contributed by atoms with E-state index in [4.69, 9.17) is 11.1 Å². The Morgan fingerprint density at radius 1 is 1.05 bits per heavy atom. The second-order valence-electron chi connectivity index (χ2n) is 2.74. The SMILES string of the molecule is N=NC(=O)NNc1cc(NNC(=O)N=N)nc(Br)n1. The van der Waals surface area contributed by atoms with Crippen molar-refractivity contribution < 1.29 is 9.59 Å². The zero-order chi connectivity index (χ0) is 14.3. The largest absolute Gasteiger partial charge is 0.377 e. The number of urea groups is 2. The molecule has 0 bridgehead atoms. The summed E-state index contributed by atoms with van der Waals surface area (Å²) in [5, 5.41) is 5.19. The lowest BCUT2D eigenvalue weighted by molar-refractivity contribution is 0.248. The number of aromatic nitrogens is 2. The third-order valence-electron chi connectivity index (χ3n) is 1.50. The molecule has 0 saturated carbocycles. The predicted molar refractivity (Wildman–Crippen MR) is 64.3 cm³/mol. The summed E-state index contributed by atoms with van der Waals surface area (Å²) in [7, 11) is 0. The van der Waals surface area contributed by atoms with Crippen LogP contribution in [-0.4, -0.2) is 22.0 Å². The molecule has 0 aliphatic heterocycles. The zero-order valence-electron chi connectivity index (χ0n) is 9.06. The van der Waals surface area contributed by atoms with Crippen LogP contribution < -0.4 is 21.7 Å². The Balaban J connectivity index is 2.70. The average Bonchev–Trinajstić information content (AvgIpc) is 2.41. The van der Waals surface area contributed by atoms with Crippen LogP contribution >= 0.6 is 15.9 Å². The number of carbonyl (C=O) groups is 2. The molecule has 0 spiro atoms. The van der Waals surface area contributed by atoms with Crippen molar-refractivity contribution in [3.63, 3.8) is 0 Å². The third-order valence-corrected chi connectivity index (χ3v) is 1.85. The highest BCUT2D eigenvalue weighted by Crippen LogP contribution is 2.13. The van der Waals surface area contributed by atoms with Gasteiger partial charge in [0.1, 0.15) is 0 Å². The highest BCUT2D eigenvalue weighted by atomic mass is 79.9. The molecule has 0 unspecified atom stereocenters. The van der Waals surface area contributed by atoms with Gasteiger partial charge >= 0.3 is 12.1 Å². The second kappa shape index (κ2) is 6.90. The van der Waals surface area contributed by atoms with Gasteiger partial charge in [-0.05, 0) is 15.9 Å². The minimum Gasteiger partial charge on any atom is -0.280 e. The van der Waals surface area contributed by atoms with Crippen molar-refractivity contribution in [1.82, 2.24) is 20.8 Å². The van der Waals surface area contributed by atoms with E-state index in [-0.39, 0.29) is 16.4 Å². The molecule has 0 aromatic carbocycles. The molecule has 1 aromatic heterocycles. The van der Waals surface area contributed by atoms with Crippen molar-refractivity contribution in [3.8, 4) is 0 Å². The Morgan fingerprint density at radius 3 is 1.84 bits per heavy atom. The maximum absolute atomic E-state index is 10.7. The molecule has 6 N–H and O–H groups in total. The fraction of sp³-hybridized carbons (Fsp3) is 0. The van der Waals surface area contributed by atoms with E-state index in [1.54, 1.807) is 0 Å². The summed E-state index contributed by atoms with van der Waals surface area (Å²) in [6, 6.07) is -0.490. The fourth-order valence-electron chi connectivity index (χ4n) is 0.837. The van der Waals surface area contributed by atoms with E-state index in [9.17, 15) is 9.59 Å². The first-order chi connectivity index (χ1) is 9.05. The van der Waals surface area contributed by atoms with Crippen molar-refractivity contribution in [3.05, 3.63) is 10.8 Å². The fourth-order valence-corrected chi connectivity index (χ4v) is 1.22. The van der Waals surface area contributed by atoms with E-state index in [2.05, 4.69) is 57.8 Å². The minimum atomic E-state index is -0.912. The van der Waals surface area contributed by atoms with Gasteiger partial charge in [0.25, 0.3) is 0 Å². The number of anilines is 2. The van der Waals surface area contributed by atoms with E-state index in [1.165, 1.54) is 6.07 Å². The average molecular weight is 331 g/mol. The topological polar surface area (TPSA) is 180 Å². The summed E-state index contributed by atoms with van der Waals surface area (Å²) in [6.45, 7) is 0. The minimum absolute atomic E-state index is 0.161. The maximum atomic E-state index is 10.7. The van der Waals surface area contributed by atoms with E-state index < -0.39 is 12.1 Å². The second-order valence-corrected chi connectivity index (χ2v) is 3.45. The molecule has 13 heteroatoms. The normalized spacial score (nSPS) is 9.11.